The third kappa shape index (κ3) is 1.70. The van der Waals surface area contributed by atoms with Gasteiger partial charge in [0.25, 0.3) is 0 Å². The molecule has 0 aliphatic heterocycles. The Balaban J connectivity index is 3.42. The molecule has 0 radical (unpaired) electrons. The second kappa shape index (κ2) is 3.78. The average Bonchev–Trinajstić information content (AvgIpc) is 2.06. The van der Waals surface area contributed by atoms with Crippen molar-refractivity contribution < 1.29 is 9.18 Å². The van der Waals surface area contributed by atoms with Gasteiger partial charge >= 0.3 is 0 Å². The van der Waals surface area contributed by atoms with E-state index in [0.717, 1.165) is 5.56 Å². The first-order valence-corrected chi connectivity index (χ1v) is 4.27. The molecule has 1 rings (SSSR count). The van der Waals surface area contributed by atoms with Crippen molar-refractivity contribution >= 4 is 34.4 Å². The summed E-state index contributed by atoms with van der Waals surface area (Å²) in [5, 5.41) is 0. The van der Waals surface area contributed by atoms with Gasteiger partial charge in [0, 0.05) is 3.57 Å². The SMILES string of the molecule is Cc1ccc(F)c(N=C=O)c1I. The lowest BCUT2D eigenvalue weighted by atomic mass is 10.2. The Kier molecular flexibility index (Phi) is 2.94. The van der Waals surface area contributed by atoms with Gasteiger partial charge in [-0.25, -0.2) is 9.18 Å². The van der Waals surface area contributed by atoms with Gasteiger partial charge in [0.05, 0.1) is 0 Å². The molecular weight excluding hydrogens is 272 g/mol. The van der Waals surface area contributed by atoms with Crippen LogP contribution in [0.1, 0.15) is 5.56 Å². The zero-order valence-corrected chi connectivity index (χ0v) is 8.42. The highest BCUT2D eigenvalue weighted by Gasteiger charge is 2.07. The maximum absolute atomic E-state index is 12.9. The molecule has 0 fully saturated rings. The van der Waals surface area contributed by atoms with Crippen LogP contribution in [0.3, 0.4) is 0 Å². The second-order valence-corrected chi connectivity index (χ2v) is 3.31. The quantitative estimate of drug-likeness (QED) is 0.441. The molecule has 4 heteroatoms. The zero-order chi connectivity index (χ0) is 9.14. The van der Waals surface area contributed by atoms with Gasteiger partial charge in [-0.2, -0.15) is 4.99 Å². The highest BCUT2D eigenvalue weighted by Crippen LogP contribution is 2.27. The standard InChI is InChI=1S/C8H5FINO/c1-5-2-3-6(9)8(7(5)10)11-4-12/h2-3H,1H3. The van der Waals surface area contributed by atoms with E-state index in [1.54, 1.807) is 6.07 Å². The lowest BCUT2D eigenvalue weighted by molar-refractivity contribution is 0.564. The van der Waals surface area contributed by atoms with Gasteiger partial charge in [-0.05, 0) is 41.1 Å². The van der Waals surface area contributed by atoms with Gasteiger partial charge in [0.1, 0.15) is 5.69 Å². The maximum atomic E-state index is 12.9. The molecule has 0 amide bonds. The molecule has 2 nitrogen and oxygen atoms in total. The Morgan fingerprint density at radius 3 is 2.83 bits per heavy atom. The van der Waals surface area contributed by atoms with Crippen LogP contribution >= 0.6 is 22.6 Å². The molecule has 0 aliphatic rings. The number of hydrogen-bond acceptors (Lipinski definition) is 2. The van der Waals surface area contributed by atoms with Gasteiger partial charge in [-0.15, -0.1) is 0 Å². The summed E-state index contributed by atoms with van der Waals surface area (Å²) >= 11 is 1.94. The molecule has 62 valence electrons. The Labute approximate surface area is 82.6 Å². The van der Waals surface area contributed by atoms with Gasteiger partial charge in [0.15, 0.2) is 5.82 Å². The Hall–Kier alpha value is -0.740. The van der Waals surface area contributed by atoms with Crippen molar-refractivity contribution in [2.45, 2.75) is 6.92 Å². The fourth-order valence-electron chi connectivity index (χ4n) is 0.790. The minimum Gasteiger partial charge on any atom is -0.211 e. The summed E-state index contributed by atoms with van der Waals surface area (Å²) in [5.74, 6) is -0.492. The molecule has 0 saturated carbocycles. The topological polar surface area (TPSA) is 29.4 Å². The van der Waals surface area contributed by atoms with E-state index in [4.69, 9.17) is 0 Å². The van der Waals surface area contributed by atoms with Crippen molar-refractivity contribution in [2.75, 3.05) is 0 Å². The third-order valence-corrected chi connectivity index (χ3v) is 2.78. The fourth-order valence-corrected chi connectivity index (χ4v) is 1.35. The molecule has 0 unspecified atom stereocenters. The first kappa shape index (κ1) is 9.35. The fraction of sp³-hybridized carbons (Fsp3) is 0.125. The molecule has 0 bridgehead atoms. The molecule has 0 aliphatic carbocycles. The van der Waals surface area contributed by atoms with Crippen LogP contribution in [0.15, 0.2) is 17.1 Å². The largest absolute Gasteiger partial charge is 0.240 e. The number of carbonyl (C=O) groups excluding carboxylic acids is 1. The molecule has 0 N–H and O–H groups in total. The molecule has 0 spiro atoms. The minimum absolute atomic E-state index is 0.0746. The predicted octanol–water partition coefficient (Wildman–Crippen LogP) is 2.71. The third-order valence-electron chi connectivity index (χ3n) is 1.42. The van der Waals surface area contributed by atoms with Crippen LogP contribution in [0.4, 0.5) is 10.1 Å². The summed E-state index contributed by atoms with van der Waals surface area (Å²) < 4.78 is 13.6. The molecular formula is C8H5FINO. The van der Waals surface area contributed by atoms with E-state index in [9.17, 15) is 9.18 Å². The van der Waals surface area contributed by atoms with Crippen LogP contribution in [0.25, 0.3) is 0 Å². The smallest absolute Gasteiger partial charge is 0.211 e. The normalized spacial score (nSPS) is 9.25. The van der Waals surface area contributed by atoms with Gasteiger partial charge in [-0.3, -0.25) is 0 Å². The molecule has 0 heterocycles. The lowest BCUT2D eigenvalue weighted by Crippen LogP contribution is -1.84. The number of rotatable bonds is 1. The van der Waals surface area contributed by atoms with Crippen LogP contribution < -0.4 is 0 Å². The van der Waals surface area contributed by atoms with E-state index in [2.05, 4.69) is 4.99 Å². The summed E-state index contributed by atoms with van der Waals surface area (Å²) in [4.78, 5) is 13.2. The highest BCUT2D eigenvalue weighted by atomic mass is 127. The van der Waals surface area contributed by atoms with Crippen molar-refractivity contribution in [1.82, 2.24) is 0 Å². The monoisotopic (exact) mass is 277 g/mol. The highest BCUT2D eigenvalue weighted by molar-refractivity contribution is 14.1. The Morgan fingerprint density at radius 1 is 1.58 bits per heavy atom. The first-order chi connectivity index (χ1) is 5.66. The number of aliphatic imine (C=N–C) groups is 1. The number of hydrogen-bond donors (Lipinski definition) is 0. The van der Waals surface area contributed by atoms with Crippen LogP contribution in [0, 0.1) is 16.3 Å². The van der Waals surface area contributed by atoms with Gasteiger partial charge in [-0.1, -0.05) is 6.07 Å². The van der Waals surface area contributed by atoms with E-state index >= 15 is 0 Å². The summed E-state index contributed by atoms with van der Waals surface area (Å²) in [6.07, 6.45) is 1.32. The van der Waals surface area contributed by atoms with Crippen LogP contribution in [-0.4, -0.2) is 6.08 Å². The number of halogens is 2. The Bertz CT molecular complexity index is 358. The van der Waals surface area contributed by atoms with E-state index in [1.807, 2.05) is 29.5 Å². The van der Waals surface area contributed by atoms with Crippen molar-refractivity contribution in [2.24, 2.45) is 4.99 Å². The van der Waals surface area contributed by atoms with Gasteiger partial charge < -0.3 is 0 Å². The zero-order valence-electron chi connectivity index (χ0n) is 6.27. The maximum Gasteiger partial charge on any atom is 0.240 e. The molecule has 1 aromatic rings. The number of isocyanates is 1. The summed E-state index contributed by atoms with van der Waals surface area (Å²) in [6, 6.07) is 2.93. The lowest BCUT2D eigenvalue weighted by Gasteiger charge is -2.00. The van der Waals surface area contributed by atoms with E-state index in [-0.39, 0.29) is 5.69 Å². The van der Waals surface area contributed by atoms with Crippen molar-refractivity contribution in [1.29, 1.82) is 0 Å². The molecule has 0 aromatic heterocycles. The van der Waals surface area contributed by atoms with Gasteiger partial charge in [0.2, 0.25) is 6.08 Å². The average molecular weight is 277 g/mol. The Morgan fingerprint density at radius 2 is 2.25 bits per heavy atom. The van der Waals surface area contributed by atoms with E-state index in [1.165, 1.54) is 12.1 Å². The molecule has 0 saturated heterocycles. The summed E-state index contributed by atoms with van der Waals surface area (Å²) in [6.45, 7) is 1.82. The second-order valence-electron chi connectivity index (χ2n) is 2.23. The van der Waals surface area contributed by atoms with Crippen LogP contribution in [0.5, 0.6) is 0 Å². The van der Waals surface area contributed by atoms with Crippen molar-refractivity contribution in [3.05, 3.63) is 27.1 Å². The van der Waals surface area contributed by atoms with E-state index < -0.39 is 5.82 Å². The predicted molar refractivity (Wildman–Crippen MR) is 51.6 cm³/mol. The minimum atomic E-state index is -0.492. The van der Waals surface area contributed by atoms with Crippen LogP contribution in [0.2, 0.25) is 0 Å². The molecule has 1 aromatic carbocycles. The number of aryl methyl sites for hydroxylation is 1. The molecule has 12 heavy (non-hydrogen) atoms. The summed E-state index contributed by atoms with van der Waals surface area (Å²) in [5.41, 5.74) is 0.969. The van der Waals surface area contributed by atoms with Crippen molar-refractivity contribution in [3.8, 4) is 0 Å². The number of nitrogens with zero attached hydrogens (tertiary/aromatic N) is 1. The van der Waals surface area contributed by atoms with Crippen LogP contribution in [-0.2, 0) is 4.79 Å². The number of benzene rings is 1. The molecule has 0 atom stereocenters. The summed E-state index contributed by atoms with van der Waals surface area (Å²) in [7, 11) is 0. The van der Waals surface area contributed by atoms with E-state index in [0.29, 0.717) is 3.57 Å². The van der Waals surface area contributed by atoms with Crippen molar-refractivity contribution in [3.63, 3.8) is 0 Å². The first-order valence-electron chi connectivity index (χ1n) is 3.19.